The first-order chi connectivity index (χ1) is 13.1. The smallest absolute Gasteiger partial charge is 0.222 e. The van der Waals surface area contributed by atoms with Crippen LogP contribution < -0.4 is 10.6 Å². The second-order valence-electron chi connectivity index (χ2n) is 7.14. The molecule has 1 aromatic rings. The molecule has 27 heavy (non-hydrogen) atoms. The lowest BCUT2D eigenvalue weighted by atomic mass is 10.1. The van der Waals surface area contributed by atoms with E-state index in [1.807, 2.05) is 18.7 Å². The number of nitrogens with zero attached hydrogens (tertiary/aromatic N) is 2. The summed E-state index contributed by atoms with van der Waals surface area (Å²) >= 11 is 0. The highest BCUT2D eigenvalue weighted by Gasteiger charge is 2.18. The molecule has 1 aliphatic rings. The summed E-state index contributed by atoms with van der Waals surface area (Å²) in [5, 5.41) is 6.64. The summed E-state index contributed by atoms with van der Waals surface area (Å²) in [5.41, 5.74) is 2.34. The van der Waals surface area contributed by atoms with E-state index in [2.05, 4.69) is 46.8 Å². The molecule has 1 heterocycles. The van der Waals surface area contributed by atoms with E-state index >= 15 is 0 Å². The van der Waals surface area contributed by atoms with Crippen LogP contribution in [0.1, 0.15) is 51.2 Å². The monoisotopic (exact) mass is 374 g/mol. The molecule has 1 fully saturated rings. The predicted molar refractivity (Wildman–Crippen MR) is 110 cm³/mol. The first kappa shape index (κ1) is 21.2. The average molecular weight is 375 g/mol. The maximum atomic E-state index is 11.6. The molecule has 0 unspecified atom stereocenters. The van der Waals surface area contributed by atoms with Gasteiger partial charge in [-0.15, -0.1) is 0 Å². The third-order valence-electron chi connectivity index (χ3n) is 4.41. The SMILES string of the molecule is CCNC(=NCc1cccc(COC(C)C)c1)NCCCN1CCCC1=O. The maximum Gasteiger partial charge on any atom is 0.222 e. The van der Waals surface area contributed by atoms with E-state index in [-0.39, 0.29) is 12.0 Å². The Balaban J connectivity index is 1.79. The molecule has 0 aliphatic carbocycles. The van der Waals surface area contributed by atoms with Crippen molar-refractivity contribution in [2.75, 3.05) is 26.2 Å². The van der Waals surface area contributed by atoms with Crippen molar-refractivity contribution in [3.63, 3.8) is 0 Å². The van der Waals surface area contributed by atoms with Crippen LogP contribution in [0.5, 0.6) is 0 Å². The van der Waals surface area contributed by atoms with E-state index in [1.165, 1.54) is 11.1 Å². The topological polar surface area (TPSA) is 66.0 Å². The van der Waals surface area contributed by atoms with Gasteiger partial charge >= 0.3 is 0 Å². The molecule has 1 aromatic carbocycles. The van der Waals surface area contributed by atoms with Crippen LogP contribution in [0.3, 0.4) is 0 Å². The lowest BCUT2D eigenvalue weighted by Gasteiger charge is -2.16. The van der Waals surface area contributed by atoms with E-state index < -0.39 is 0 Å². The number of amides is 1. The largest absolute Gasteiger partial charge is 0.374 e. The molecule has 0 atom stereocenters. The number of ether oxygens (including phenoxy) is 1. The normalized spacial score (nSPS) is 14.9. The number of likely N-dealkylation sites (tertiary alicyclic amines) is 1. The van der Waals surface area contributed by atoms with Crippen LogP contribution >= 0.6 is 0 Å². The Bertz CT molecular complexity index is 616. The van der Waals surface area contributed by atoms with Crippen molar-refractivity contribution in [3.05, 3.63) is 35.4 Å². The minimum absolute atomic E-state index is 0.229. The van der Waals surface area contributed by atoms with Gasteiger partial charge in [0.15, 0.2) is 5.96 Å². The van der Waals surface area contributed by atoms with Gasteiger partial charge in [-0.1, -0.05) is 24.3 Å². The number of aliphatic imine (C=N–C) groups is 1. The first-order valence-electron chi connectivity index (χ1n) is 10.1. The quantitative estimate of drug-likeness (QED) is 0.375. The van der Waals surface area contributed by atoms with Crippen LogP contribution in [0, 0.1) is 0 Å². The fourth-order valence-electron chi connectivity index (χ4n) is 3.01. The summed E-state index contributed by atoms with van der Waals surface area (Å²) in [5.74, 6) is 1.10. The van der Waals surface area contributed by atoms with Crippen molar-refractivity contribution in [3.8, 4) is 0 Å². The lowest BCUT2D eigenvalue weighted by molar-refractivity contribution is -0.127. The number of carbonyl (C=O) groups is 1. The third kappa shape index (κ3) is 7.99. The zero-order valence-corrected chi connectivity index (χ0v) is 17.0. The van der Waals surface area contributed by atoms with Crippen molar-refractivity contribution in [1.29, 1.82) is 0 Å². The maximum absolute atomic E-state index is 11.6. The van der Waals surface area contributed by atoms with Gasteiger partial charge < -0.3 is 20.3 Å². The van der Waals surface area contributed by atoms with Crippen molar-refractivity contribution in [2.24, 2.45) is 4.99 Å². The minimum atomic E-state index is 0.229. The van der Waals surface area contributed by atoms with E-state index in [1.54, 1.807) is 0 Å². The molecule has 0 bridgehead atoms. The van der Waals surface area contributed by atoms with Gasteiger partial charge in [-0.05, 0) is 44.7 Å². The Morgan fingerprint density at radius 1 is 1.30 bits per heavy atom. The summed E-state index contributed by atoms with van der Waals surface area (Å²) in [7, 11) is 0. The Hall–Kier alpha value is -2.08. The molecule has 2 N–H and O–H groups in total. The summed E-state index contributed by atoms with van der Waals surface area (Å²) in [4.78, 5) is 18.3. The molecule has 150 valence electrons. The molecule has 0 saturated carbocycles. The average Bonchev–Trinajstić information content (AvgIpc) is 3.06. The highest BCUT2D eigenvalue weighted by atomic mass is 16.5. The summed E-state index contributed by atoms with van der Waals surface area (Å²) in [6.45, 7) is 10.7. The van der Waals surface area contributed by atoms with Crippen LogP contribution in [0.15, 0.2) is 29.3 Å². The molecule has 6 nitrogen and oxygen atoms in total. The van der Waals surface area contributed by atoms with Gasteiger partial charge in [-0.2, -0.15) is 0 Å². The highest BCUT2D eigenvalue weighted by molar-refractivity contribution is 5.79. The number of hydrogen-bond acceptors (Lipinski definition) is 3. The molecule has 1 saturated heterocycles. The molecule has 2 rings (SSSR count). The molecule has 6 heteroatoms. The Morgan fingerprint density at radius 3 is 2.81 bits per heavy atom. The van der Waals surface area contributed by atoms with Gasteiger partial charge in [0, 0.05) is 32.6 Å². The molecule has 1 aliphatic heterocycles. The van der Waals surface area contributed by atoms with E-state index in [9.17, 15) is 4.79 Å². The first-order valence-corrected chi connectivity index (χ1v) is 10.1. The third-order valence-corrected chi connectivity index (χ3v) is 4.41. The number of guanidine groups is 1. The van der Waals surface area contributed by atoms with Crippen LogP contribution in [0.25, 0.3) is 0 Å². The lowest BCUT2D eigenvalue weighted by Crippen LogP contribution is -2.39. The predicted octanol–water partition coefficient (Wildman–Crippen LogP) is 2.68. The number of rotatable bonds is 10. The van der Waals surface area contributed by atoms with Crippen molar-refractivity contribution >= 4 is 11.9 Å². The molecule has 0 radical (unpaired) electrons. The van der Waals surface area contributed by atoms with E-state index in [0.29, 0.717) is 19.6 Å². The second kappa shape index (κ2) is 11.6. The summed E-state index contributed by atoms with van der Waals surface area (Å²) in [6, 6.07) is 8.37. The van der Waals surface area contributed by atoms with Gasteiger partial charge in [0.1, 0.15) is 0 Å². The second-order valence-corrected chi connectivity index (χ2v) is 7.14. The van der Waals surface area contributed by atoms with Crippen LogP contribution in [0.2, 0.25) is 0 Å². The Labute approximate surface area is 163 Å². The standard InChI is InChI=1S/C21H34N4O2/c1-4-22-21(23-11-7-13-25-12-6-10-20(25)26)24-15-18-8-5-9-19(14-18)16-27-17(2)3/h5,8-9,14,17H,4,6-7,10-13,15-16H2,1-3H3,(H2,22,23,24). The fraction of sp³-hybridized carbons (Fsp3) is 0.619. The van der Waals surface area contributed by atoms with Crippen molar-refractivity contribution in [1.82, 2.24) is 15.5 Å². The molecule has 0 aromatic heterocycles. The summed E-state index contributed by atoms with van der Waals surface area (Å²) in [6.07, 6.45) is 2.86. The Morgan fingerprint density at radius 2 is 2.11 bits per heavy atom. The van der Waals surface area contributed by atoms with E-state index in [4.69, 9.17) is 4.74 Å². The molecular weight excluding hydrogens is 340 g/mol. The van der Waals surface area contributed by atoms with Crippen LogP contribution in [-0.2, 0) is 22.7 Å². The Kier molecular flexibility index (Phi) is 9.11. The van der Waals surface area contributed by atoms with Crippen molar-refractivity contribution < 1.29 is 9.53 Å². The molecule has 1 amide bonds. The van der Waals surface area contributed by atoms with Gasteiger partial charge in [0.05, 0.1) is 19.3 Å². The van der Waals surface area contributed by atoms with Gasteiger partial charge in [0.25, 0.3) is 0 Å². The number of hydrogen-bond donors (Lipinski definition) is 2. The zero-order valence-electron chi connectivity index (χ0n) is 17.0. The van der Waals surface area contributed by atoms with E-state index in [0.717, 1.165) is 45.0 Å². The van der Waals surface area contributed by atoms with Gasteiger partial charge in [-0.25, -0.2) is 4.99 Å². The van der Waals surface area contributed by atoms with Crippen LogP contribution in [0.4, 0.5) is 0 Å². The number of benzene rings is 1. The van der Waals surface area contributed by atoms with Gasteiger partial charge in [-0.3, -0.25) is 4.79 Å². The molecule has 0 spiro atoms. The van der Waals surface area contributed by atoms with Crippen LogP contribution in [-0.4, -0.2) is 49.0 Å². The highest BCUT2D eigenvalue weighted by Crippen LogP contribution is 2.10. The van der Waals surface area contributed by atoms with Crippen molar-refractivity contribution in [2.45, 2.75) is 59.3 Å². The number of nitrogens with one attached hydrogen (secondary N) is 2. The fourth-order valence-corrected chi connectivity index (χ4v) is 3.01. The minimum Gasteiger partial charge on any atom is -0.374 e. The number of carbonyl (C=O) groups excluding carboxylic acids is 1. The van der Waals surface area contributed by atoms with Gasteiger partial charge in [0.2, 0.25) is 5.91 Å². The zero-order chi connectivity index (χ0) is 19.5. The molecular formula is C21H34N4O2. The summed E-state index contributed by atoms with van der Waals surface area (Å²) < 4.78 is 5.67.